The fraction of sp³-hybridized carbons (Fsp3) is 0.429. The minimum Gasteiger partial charge on any atom is -0.481 e. The highest BCUT2D eigenvalue weighted by Gasteiger charge is 2.25. The maximum Gasteiger partial charge on any atom is 0.256 e. The minimum atomic E-state index is 0.0117. The number of hydrogen-bond donors (Lipinski definition) is 0. The van der Waals surface area contributed by atoms with Crippen molar-refractivity contribution in [1.29, 1.82) is 0 Å². The Bertz CT molecular complexity index is 1110. The third-order valence-corrected chi connectivity index (χ3v) is 5.65. The van der Waals surface area contributed by atoms with Crippen molar-refractivity contribution in [2.24, 2.45) is 13.0 Å². The summed E-state index contributed by atoms with van der Waals surface area (Å²) in [5.41, 5.74) is 2.05. The Balaban J connectivity index is 1.43. The largest absolute Gasteiger partial charge is 0.481 e. The van der Waals surface area contributed by atoms with Crippen LogP contribution in [0.5, 0.6) is 5.88 Å². The normalized spacial score (nSPS) is 15.1. The second-order valence-corrected chi connectivity index (χ2v) is 7.63. The highest BCUT2D eigenvalue weighted by atomic mass is 16.5. The van der Waals surface area contributed by atoms with Crippen LogP contribution in [0.25, 0.3) is 10.9 Å². The molecular formula is C21H25N5O3. The number of piperidine rings is 1. The predicted molar refractivity (Wildman–Crippen MR) is 109 cm³/mol. The van der Waals surface area contributed by atoms with Crippen LogP contribution in [0, 0.1) is 12.8 Å². The molecule has 1 saturated heterocycles. The van der Waals surface area contributed by atoms with Crippen LogP contribution in [-0.4, -0.2) is 50.3 Å². The molecule has 0 atom stereocenters. The number of rotatable bonds is 4. The molecule has 29 heavy (non-hydrogen) atoms. The molecule has 0 radical (unpaired) electrons. The molecule has 2 aromatic heterocycles. The van der Waals surface area contributed by atoms with Crippen molar-refractivity contribution in [1.82, 2.24) is 24.2 Å². The summed E-state index contributed by atoms with van der Waals surface area (Å²) >= 11 is 0. The molecule has 0 aliphatic carbocycles. The number of ether oxygens (including phenoxy) is 1. The fourth-order valence-electron chi connectivity index (χ4n) is 4.02. The van der Waals surface area contributed by atoms with Gasteiger partial charge in [-0.3, -0.25) is 14.2 Å². The van der Waals surface area contributed by atoms with E-state index in [2.05, 4.69) is 10.1 Å². The first-order valence-corrected chi connectivity index (χ1v) is 9.79. The monoisotopic (exact) mass is 395 g/mol. The third kappa shape index (κ3) is 3.62. The van der Waals surface area contributed by atoms with Crippen molar-refractivity contribution < 1.29 is 9.53 Å². The van der Waals surface area contributed by atoms with Crippen molar-refractivity contribution in [3.05, 3.63) is 52.2 Å². The Labute approximate surface area is 168 Å². The zero-order valence-electron chi connectivity index (χ0n) is 17.0. The van der Waals surface area contributed by atoms with Crippen molar-refractivity contribution in [2.45, 2.75) is 26.3 Å². The van der Waals surface area contributed by atoms with Gasteiger partial charge in [-0.05, 0) is 43.9 Å². The number of likely N-dealkylation sites (tertiary alicyclic amines) is 1. The molecule has 1 aromatic carbocycles. The summed E-state index contributed by atoms with van der Waals surface area (Å²) in [6.45, 7) is 3.79. The number of hydrogen-bond acceptors (Lipinski definition) is 5. The topological polar surface area (TPSA) is 82.2 Å². The zero-order chi connectivity index (χ0) is 20.5. The molecule has 8 heteroatoms. The molecular weight excluding hydrogens is 370 g/mol. The summed E-state index contributed by atoms with van der Waals surface area (Å²) in [7, 11) is 3.43. The first kappa shape index (κ1) is 19.2. The van der Waals surface area contributed by atoms with Gasteiger partial charge in [0.1, 0.15) is 0 Å². The number of benzene rings is 1. The first-order chi connectivity index (χ1) is 14.0. The van der Waals surface area contributed by atoms with Gasteiger partial charge >= 0.3 is 0 Å². The molecule has 0 saturated carbocycles. The molecule has 3 heterocycles. The molecule has 4 rings (SSSR count). The molecule has 8 nitrogen and oxygen atoms in total. The summed E-state index contributed by atoms with van der Waals surface area (Å²) in [6, 6.07) is 5.54. The average Bonchev–Trinajstić information content (AvgIpc) is 3.05. The number of fused-ring (bicyclic) bond motifs is 1. The van der Waals surface area contributed by atoms with Crippen LogP contribution in [0.1, 0.15) is 28.8 Å². The van der Waals surface area contributed by atoms with Gasteiger partial charge in [-0.1, -0.05) is 0 Å². The van der Waals surface area contributed by atoms with E-state index in [1.807, 2.05) is 30.1 Å². The van der Waals surface area contributed by atoms with E-state index in [1.165, 1.54) is 0 Å². The van der Waals surface area contributed by atoms with E-state index in [4.69, 9.17) is 4.74 Å². The smallest absolute Gasteiger partial charge is 0.256 e. The standard InChI is InChI=1S/C21H25N5O3/c1-14-11-22-13-26(19(14)27)12-15-6-8-25(9-7-15)20(28)16-4-5-17-18(10-16)23-24(2)21(17)29-3/h4-5,10-11,13,15H,6-9,12H2,1-3H3. The molecule has 0 unspecified atom stereocenters. The van der Waals surface area contributed by atoms with Gasteiger partial charge in [0, 0.05) is 44.0 Å². The van der Waals surface area contributed by atoms with Crippen LogP contribution in [0.2, 0.25) is 0 Å². The van der Waals surface area contributed by atoms with Crippen LogP contribution in [0.15, 0.2) is 35.5 Å². The number of methoxy groups -OCH3 is 1. The Morgan fingerprint density at radius 3 is 2.76 bits per heavy atom. The van der Waals surface area contributed by atoms with Crippen molar-refractivity contribution >= 4 is 16.8 Å². The number of carbonyl (C=O) groups excluding carboxylic acids is 1. The molecule has 0 N–H and O–H groups in total. The molecule has 1 aliphatic rings. The van der Waals surface area contributed by atoms with Crippen LogP contribution in [-0.2, 0) is 13.6 Å². The minimum absolute atomic E-state index is 0.0117. The lowest BCUT2D eigenvalue weighted by Gasteiger charge is -2.32. The van der Waals surface area contributed by atoms with Crippen molar-refractivity contribution in [2.75, 3.05) is 20.2 Å². The van der Waals surface area contributed by atoms with E-state index in [0.717, 1.165) is 23.7 Å². The fourth-order valence-corrected chi connectivity index (χ4v) is 4.02. The van der Waals surface area contributed by atoms with E-state index >= 15 is 0 Å². The maximum absolute atomic E-state index is 13.0. The summed E-state index contributed by atoms with van der Waals surface area (Å²) in [6.07, 6.45) is 4.93. The molecule has 1 amide bonds. The predicted octanol–water partition coefficient (Wildman–Crippen LogP) is 2.00. The number of aromatic nitrogens is 4. The first-order valence-electron chi connectivity index (χ1n) is 9.79. The molecule has 3 aromatic rings. The van der Waals surface area contributed by atoms with Crippen molar-refractivity contribution in [3.63, 3.8) is 0 Å². The van der Waals surface area contributed by atoms with Gasteiger partial charge in [-0.25, -0.2) is 9.67 Å². The van der Waals surface area contributed by atoms with Gasteiger partial charge in [-0.2, -0.15) is 5.10 Å². The van der Waals surface area contributed by atoms with Gasteiger partial charge in [-0.15, -0.1) is 0 Å². The summed E-state index contributed by atoms with van der Waals surface area (Å²) in [5, 5.41) is 5.32. The third-order valence-electron chi connectivity index (χ3n) is 5.65. The lowest BCUT2D eigenvalue weighted by atomic mass is 9.96. The Morgan fingerprint density at radius 2 is 2.03 bits per heavy atom. The van der Waals surface area contributed by atoms with E-state index < -0.39 is 0 Å². The Morgan fingerprint density at radius 1 is 1.28 bits per heavy atom. The number of nitrogens with zero attached hydrogens (tertiary/aromatic N) is 5. The molecule has 1 fully saturated rings. The van der Waals surface area contributed by atoms with Crippen LogP contribution < -0.4 is 10.3 Å². The second-order valence-electron chi connectivity index (χ2n) is 7.63. The van der Waals surface area contributed by atoms with Gasteiger partial charge in [0.05, 0.1) is 24.3 Å². The van der Waals surface area contributed by atoms with Crippen LogP contribution in [0.3, 0.4) is 0 Å². The number of amides is 1. The van der Waals surface area contributed by atoms with Gasteiger partial charge in [0.15, 0.2) is 0 Å². The second kappa shape index (κ2) is 7.69. The Hall–Kier alpha value is -3.16. The molecule has 1 aliphatic heterocycles. The Kier molecular flexibility index (Phi) is 5.08. The number of aryl methyl sites for hydroxylation is 2. The van der Waals surface area contributed by atoms with Crippen LogP contribution in [0.4, 0.5) is 0 Å². The summed E-state index contributed by atoms with van der Waals surface area (Å²) < 4.78 is 8.72. The zero-order valence-corrected chi connectivity index (χ0v) is 17.0. The highest BCUT2D eigenvalue weighted by molar-refractivity contribution is 5.98. The lowest BCUT2D eigenvalue weighted by molar-refractivity contribution is 0.0682. The van der Waals surface area contributed by atoms with E-state index in [1.54, 1.807) is 35.8 Å². The molecule has 152 valence electrons. The SMILES string of the molecule is COc1c2ccc(C(=O)N3CCC(Cn4cncc(C)c4=O)CC3)cc2nn1C. The van der Waals surface area contributed by atoms with Gasteiger partial charge < -0.3 is 9.64 Å². The quantitative estimate of drug-likeness (QED) is 0.675. The average molecular weight is 395 g/mol. The van der Waals surface area contributed by atoms with E-state index in [0.29, 0.717) is 42.6 Å². The molecule has 0 bridgehead atoms. The number of carbonyl (C=O) groups is 1. The maximum atomic E-state index is 13.0. The molecule has 0 spiro atoms. The van der Waals surface area contributed by atoms with E-state index in [9.17, 15) is 9.59 Å². The van der Waals surface area contributed by atoms with E-state index in [-0.39, 0.29) is 11.5 Å². The highest BCUT2D eigenvalue weighted by Crippen LogP contribution is 2.26. The summed E-state index contributed by atoms with van der Waals surface area (Å²) in [5.74, 6) is 1.06. The summed E-state index contributed by atoms with van der Waals surface area (Å²) in [4.78, 5) is 31.2. The lowest BCUT2D eigenvalue weighted by Crippen LogP contribution is -2.40. The van der Waals surface area contributed by atoms with Gasteiger partial charge in [0.25, 0.3) is 11.5 Å². The van der Waals surface area contributed by atoms with Gasteiger partial charge in [0.2, 0.25) is 5.88 Å². The van der Waals surface area contributed by atoms with Crippen LogP contribution >= 0.6 is 0 Å². The van der Waals surface area contributed by atoms with Crippen molar-refractivity contribution in [3.8, 4) is 5.88 Å².